The summed E-state index contributed by atoms with van der Waals surface area (Å²) >= 11 is 0. The Morgan fingerprint density at radius 3 is 2.73 bits per heavy atom. The van der Waals surface area contributed by atoms with E-state index in [1.165, 1.54) is 32.1 Å². The maximum Gasteiger partial charge on any atom is 0.222 e. The molecule has 1 aliphatic heterocycles. The number of hydrogen-bond acceptors (Lipinski definition) is 6. The molecule has 2 heterocycles. The van der Waals surface area contributed by atoms with Gasteiger partial charge in [0.15, 0.2) is 0 Å². The number of nitrogens with one attached hydrogen (secondary N) is 2. The van der Waals surface area contributed by atoms with E-state index in [-0.39, 0.29) is 0 Å². The van der Waals surface area contributed by atoms with Gasteiger partial charge in [-0.05, 0) is 32.4 Å². The molecule has 0 atom stereocenters. The molecule has 1 aromatic rings. The average molecular weight is 304 g/mol. The minimum Gasteiger partial charge on any atom is -0.368 e. The van der Waals surface area contributed by atoms with Gasteiger partial charge in [0, 0.05) is 31.7 Å². The van der Waals surface area contributed by atoms with E-state index >= 15 is 0 Å². The standard InChI is InChI=1S/C16H28N6/c1-18-14-10-22(11-14)15-7-13(20-16(17)21-15)9-19-8-12-5-3-2-4-6-12/h7,12,14,18-19H,2-6,8-11H2,1H3,(H2,17,20,21). The van der Waals surface area contributed by atoms with Crippen molar-refractivity contribution in [3.63, 3.8) is 0 Å². The highest BCUT2D eigenvalue weighted by molar-refractivity contribution is 5.46. The number of nitrogens with zero attached hydrogens (tertiary/aromatic N) is 3. The van der Waals surface area contributed by atoms with E-state index < -0.39 is 0 Å². The molecular weight excluding hydrogens is 276 g/mol. The third-order valence-electron chi connectivity index (χ3n) is 4.86. The normalized spacial score (nSPS) is 20.1. The molecule has 0 bridgehead atoms. The molecular formula is C16H28N6. The molecule has 0 amide bonds. The molecule has 0 spiro atoms. The lowest BCUT2D eigenvalue weighted by atomic mass is 9.89. The van der Waals surface area contributed by atoms with Gasteiger partial charge in [-0.3, -0.25) is 0 Å². The molecule has 6 nitrogen and oxygen atoms in total. The minimum atomic E-state index is 0.375. The van der Waals surface area contributed by atoms with Gasteiger partial charge in [0.1, 0.15) is 5.82 Å². The zero-order valence-electron chi connectivity index (χ0n) is 13.5. The summed E-state index contributed by atoms with van der Waals surface area (Å²) in [5, 5.41) is 6.82. The lowest BCUT2D eigenvalue weighted by molar-refractivity contribution is 0.341. The SMILES string of the molecule is CNC1CN(c2cc(CNCC3CCCCC3)nc(N)n2)C1. The first-order chi connectivity index (χ1) is 10.7. The summed E-state index contributed by atoms with van der Waals surface area (Å²) < 4.78 is 0. The molecule has 0 radical (unpaired) electrons. The van der Waals surface area contributed by atoms with Crippen LogP contribution in [0.5, 0.6) is 0 Å². The summed E-state index contributed by atoms with van der Waals surface area (Å²) in [6, 6.07) is 2.62. The van der Waals surface area contributed by atoms with Crippen molar-refractivity contribution in [2.75, 3.05) is 37.3 Å². The van der Waals surface area contributed by atoms with Gasteiger partial charge in [-0.25, -0.2) is 4.98 Å². The smallest absolute Gasteiger partial charge is 0.222 e. The Hall–Kier alpha value is -1.40. The van der Waals surface area contributed by atoms with Gasteiger partial charge in [-0.2, -0.15) is 4.98 Å². The van der Waals surface area contributed by atoms with E-state index in [0.717, 1.165) is 43.6 Å². The van der Waals surface area contributed by atoms with E-state index in [2.05, 4.69) is 31.6 Å². The highest BCUT2D eigenvalue weighted by Gasteiger charge is 2.26. The van der Waals surface area contributed by atoms with Gasteiger partial charge in [0.25, 0.3) is 0 Å². The fourth-order valence-corrected chi connectivity index (χ4v) is 3.40. The van der Waals surface area contributed by atoms with Crippen molar-refractivity contribution in [1.82, 2.24) is 20.6 Å². The topological polar surface area (TPSA) is 79.1 Å². The summed E-state index contributed by atoms with van der Waals surface area (Å²) in [6.45, 7) is 3.84. The molecule has 22 heavy (non-hydrogen) atoms. The predicted octanol–water partition coefficient (Wildman–Crippen LogP) is 1.14. The molecule has 2 fully saturated rings. The quantitative estimate of drug-likeness (QED) is 0.731. The highest BCUT2D eigenvalue weighted by Crippen LogP contribution is 2.23. The fourth-order valence-electron chi connectivity index (χ4n) is 3.40. The Kier molecular flexibility index (Phi) is 5.10. The van der Waals surface area contributed by atoms with Gasteiger partial charge in [0.05, 0.1) is 5.69 Å². The number of likely N-dealkylation sites (N-methyl/N-ethyl adjacent to an activating group) is 1. The molecule has 3 rings (SSSR count). The second-order valence-electron chi connectivity index (χ2n) is 6.60. The Bertz CT molecular complexity index is 480. The Balaban J connectivity index is 1.51. The van der Waals surface area contributed by atoms with E-state index in [0.29, 0.717) is 12.0 Å². The minimum absolute atomic E-state index is 0.375. The van der Waals surface area contributed by atoms with Crippen LogP contribution in [-0.4, -0.2) is 42.7 Å². The second-order valence-corrected chi connectivity index (χ2v) is 6.60. The maximum absolute atomic E-state index is 5.87. The van der Waals surface area contributed by atoms with Crippen molar-refractivity contribution >= 4 is 11.8 Å². The number of nitrogen functional groups attached to an aromatic ring is 1. The van der Waals surface area contributed by atoms with Gasteiger partial charge >= 0.3 is 0 Å². The first kappa shape index (κ1) is 15.5. The Morgan fingerprint density at radius 2 is 2.00 bits per heavy atom. The zero-order valence-corrected chi connectivity index (χ0v) is 13.5. The van der Waals surface area contributed by atoms with Gasteiger partial charge in [-0.15, -0.1) is 0 Å². The number of hydrogen-bond donors (Lipinski definition) is 3. The largest absolute Gasteiger partial charge is 0.368 e. The third-order valence-corrected chi connectivity index (χ3v) is 4.86. The van der Waals surface area contributed by atoms with Crippen LogP contribution >= 0.6 is 0 Å². The molecule has 1 saturated carbocycles. The average Bonchev–Trinajstić information content (AvgIpc) is 2.47. The van der Waals surface area contributed by atoms with Crippen LogP contribution in [0.4, 0.5) is 11.8 Å². The van der Waals surface area contributed by atoms with Crippen molar-refractivity contribution in [2.45, 2.75) is 44.7 Å². The summed E-state index contributed by atoms with van der Waals surface area (Å²) in [5.74, 6) is 2.16. The zero-order chi connectivity index (χ0) is 15.4. The van der Waals surface area contributed by atoms with Crippen LogP contribution in [0.15, 0.2) is 6.07 Å². The van der Waals surface area contributed by atoms with E-state index in [9.17, 15) is 0 Å². The number of anilines is 2. The van der Waals surface area contributed by atoms with E-state index in [1.54, 1.807) is 0 Å². The molecule has 1 aliphatic carbocycles. The summed E-state index contributed by atoms with van der Waals surface area (Å²) in [6.07, 6.45) is 6.91. The van der Waals surface area contributed by atoms with Gasteiger partial charge in [-0.1, -0.05) is 19.3 Å². The van der Waals surface area contributed by atoms with Crippen LogP contribution in [-0.2, 0) is 6.54 Å². The Morgan fingerprint density at radius 1 is 1.23 bits per heavy atom. The third kappa shape index (κ3) is 3.87. The molecule has 4 N–H and O–H groups in total. The Labute approximate surface area is 132 Å². The molecule has 122 valence electrons. The van der Waals surface area contributed by atoms with Crippen LogP contribution in [0.1, 0.15) is 37.8 Å². The number of rotatable bonds is 6. The van der Waals surface area contributed by atoms with Crippen molar-refractivity contribution in [1.29, 1.82) is 0 Å². The molecule has 1 saturated heterocycles. The lowest BCUT2D eigenvalue weighted by Gasteiger charge is -2.40. The fraction of sp³-hybridized carbons (Fsp3) is 0.750. The van der Waals surface area contributed by atoms with Crippen molar-refractivity contribution in [3.05, 3.63) is 11.8 Å². The molecule has 0 unspecified atom stereocenters. The van der Waals surface area contributed by atoms with Crippen molar-refractivity contribution in [3.8, 4) is 0 Å². The molecule has 6 heteroatoms. The number of aromatic nitrogens is 2. The van der Waals surface area contributed by atoms with Crippen LogP contribution in [0.25, 0.3) is 0 Å². The molecule has 2 aliphatic rings. The summed E-state index contributed by atoms with van der Waals surface area (Å²) in [5.41, 5.74) is 6.86. The second kappa shape index (κ2) is 7.24. The van der Waals surface area contributed by atoms with Crippen molar-refractivity contribution in [2.24, 2.45) is 5.92 Å². The monoisotopic (exact) mass is 304 g/mol. The van der Waals surface area contributed by atoms with Crippen molar-refractivity contribution < 1.29 is 0 Å². The maximum atomic E-state index is 5.87. The summed E-state index contributed by atoms with van der Waals surface area (Å²) in [7, 11) is 2.00. The van der Waals surface area contributed by atoms with Crippen LogP contribution in [0, 0.1) is 5.92 Å². The van der Waals surface area contributed by atoms with Crippen LogP contribution in [0.3, 0.4) is 0 Å². The lowest BCUT2D eigenvalue weighted by Crippen LogP contribution is -2.57. The summed E-state index contributed by atoms with van der Waals surface area (Å²) in [4.78, 5) is 11.0. The van der Waals surface area contributed by atoms with Gasteiger partial charge < -0.3 is 21.3 Å². The molecule has 1 aromatic heterocycles. The number of nitrogens with two attached hydrogens (primary N) is 1. The van der Waals surface area contributed by atoms with Crippen LogP contribution < -0.4 is 21.3 Å². The first-order valence-corrected chi connectivity index (χ1v) is 8.51. The van der Waals surface area contributed by atoms with E-state index in [1.807, 2.05) is 7.05 Å². The highest BCUT2D eigenvalue weighted by atomic mass is 15.3. The first-order valence-electron chi connectivity index (χ1n) is 8.51. The predicted molar refractivity (Wildman–Crippen MR) is 89.8 cm³/mol. The van der Waals surface area contributed by atoms with Crippen LogP contribution in [0.2, 0.25) is 0 Å². The molecule has 0 aromatic carbocycles. The van der Waals surface area contributed by atoms with Gasteiger partial charge in [0.2, 0.25) is 5.95 Å². The van der Waals surface area contributed by atoms with E-state index in [4.69, 9.17) is 5.73 Å².